The van der Waals surface area contributed by atoms with Gasteiger partial charge in [0.1, 0.15) is 12.3 Å². The molecule has 35 heavy (non-hydrogen) atoms. The summed E-state index contributed by atoms with van der Waals surface area (Å²) in [6, 6.07) is 20.7. The van der Waals surface area contributed by atoms with E-state index in [1.54, 1.807) is 60.3 Å². The molecule has 0 fully saturated rings. The van der Waals surface area contributed by atoms with Crippen LogP contribution in [0, 0.1) is 0 Å². The van der Waals surface area contributed by atoms with E-state index in [9.17, 15) is 13.2 Å². The van der Waals surface area contributed by atoms with Gasteiger partial charge in [-0.15, -0.1) is 23.5 Å². The molecule has 3 aromatic carbocycles. The average molecular weight is 551 g/mol. The molecule has 6 nitrogen and oxygen atoms in total. The second kappa shape index (κ2) is 13.1. The van der Waals surface area contributed by atoms with Crippen molar-refractivity contribution >= 4 is 56.7 Å². The lowest BCUT2D eigenvalue weighted by atomic mass is 10.3. The molecule has 0 unspecified atom stereocenters. The van der Waals surface area contributed by atoms with E-state index in [0.29, 0.717) is 35.4 Å². The summed E-state index contributed by atoms with van der Waals surface area (Å²) in [5.74, 6) is 0.876. The Balaban J connectivity index is 1.73. The van der Waals surface area contributed by atoms with Gasteiger partial charge >= 0.3 is 0 Å². The van der Waals surface area contributed by atoms with Crippen LogP contribution in [0.25, 0.3) is 0 Å². The Morgan fingerprint density at radius 1 is 0.971 bits per heavy atom. The minimum Gasteiger partial charge on any atom is -0.494 e. The van der Waals surface area contributed by atoms with Crippen molar-refractivity contribution in [2.45, 2.75) is 21.6 Å². The molecule has 0 bridgehead atoms. The lowest BCUT2D eigenvalue weighted by molar-refractivity contribution is -0.119. The van der Waals surface area contributed by atoms with E-state index in [1.807, 2.05) is 37.4 Å². The SMILES string of the molecule is CCOc1ccc(N(CC(=O)NCCSc2ccc(Cl)cc2)S(=O)(=O)c2ccc(SC)cc2)cc1. The van der Waals surface area contributed by atoms with E-state index in [-0.39, 0.29) is 17.3 Å². The molecule has 0 heterocycles. The quantitative estimate of drug-likeness (QED) is 0.235. The van der Waals surface area contributed by atoms with Gasteiger partial charge in [-0.25, -0.2) is 8.42 Å². The van der Waals surface area contributed by atoms with Crippen LogP contribution < -0.4 is 14.4 Å². The van der Waals surface area contributed by atoms with Crippen molar-refractivity contribution in [3.8, 4) is 5.75 Å². The van der Waals surface area contributed by atoms with Crippen molar-refractivity contribution in [3.05, 3.63) is 77.8 Å². The molecule has 0 saturated carbocycles. The zero-order valence-electron chi connectivity index (χ0n) is 19.4. The lowest BCUT2D eigenvalue weighted by Gasteiger charge is -2.24. The Bertz CT molecular complexity index is 1200. The van der Waals surface area contributed by atoms with Crippen molar-refractivity contribution in [3.63, 3.8) is 0 Å². The summed E-state index contributed by atoms with van der Waals surface area (Å²) in [4.78, 5) is 14.9. The maximum Gasteiger partial charge on any atom is 0.264 e. The van der Waals surface area contributed by atoms with E-state index >= 15 is 0 Å². The van der Waals surface area contributed by atoms with Crippen LogP contribution in [0.4, 0.5) is 5.69 Å². The summed E-state index contributed by atoms with van der Waals surface area (Å²) < 4.78 is 33.6. The van der Waals surface area contributed by atoms with Gasteiger partial charge in [0.2, 0.25) is 5.91 Å². The lowest BCUT2D eigenvalue weighted by Crippen LogP contribution is -2.41. The normalized spacial score (nSPS) is 11.2. The van der Waals surface area contributed by atoms with Crippen molar-refractivity contribution in [1.82, 2.24) is 5.32 Å². The van der Waals surface area contributed by atoms with Crippen molar-refractivity contribution in [2.75, 3.05) is 36.0 Å². The fourth-order valence-electron chi connectivity index (χ4n) is 3.14. The molecule has 3 aromatic rings. The van der Waals surface area contributed by atoms with Crippen LogP contribution >= 0.6 is 35.1 Å². The number of ether oxygens (including phenoxy) is 1. The van der Waals surface area contributed by atoms with E-state index in [2.05, 4.69) is 5.32 Å². The fourth-order valence-corrected chi connectivity index (χ4v) is 5.87. The van der Waals surface area contributed by atoms with Crippen LogP contribution in [0.5, 0.6) is 5.75 Å². The molecule has 0 aliphatic heterocycles. The number of amides is 1. The highest BCUT2D eigenvalue weighted by Gasteiger charge is 2.27. The Morgan fingerprint density at radius 2 is 1.60 bits per heavy atom. The predicted octanol–water partition coefficient (Wildman–Crippen LogP) is 5.56. The topological polar surface area (TPSA) is 75.7 Å². The van der Waals surface area contributed by atoms with E-state index < -0.39 is 10.0 Å². The number of nitrogens with zero attached hydrogens (tertiary/aromatic N) is 1. The Hall–Kier alpha value is -2.33. The number of anilines is 1. The maximum atomic E-state index is 13.5. The highest BCUT2D eigenvalue weighted by Crippen LogP contribution is 2.27. The van der Waals surface area contributed by atoms with E-state index in [0.717, 1.165) is 14.1 Å². The van der Waals surface area contributed by atoms with Crippen LogP contribution in [0.3, 0.4) is 0 Å². The van der Waals surface area contributed by atoms with Crippen LogP contribution in [0.2, 0.25) is 5.02 Å². The summed E-state index contributed by atoms with van der Waals surface area (Å²) in [5, 5.41) is 3.49. The summed E-state index contributed by atoms with van der Waals surface area (Å²) in [7, 11) is -3.97. The first-order valence-electron chi connectivity index (χ1n) is 10.9. The Labute approximate surface area is 220 Å². The molecule has 0 radical (unpaired) electrons. The molecular formula is C25H27ClN2O4S3. The van der Waals surface area contributed by atoms with Gasteiger partial charge in [-0.05, 0) is 86.0 Å². The van der Waals surface area contributed by atoms with Gasteiger partial charge in [0, 0.05) is 27.1 Å². The van der Waals surface area contributed by atoms with Crippen LogP contribution in [0.15, 0.2) is 87.5 Å². The molecule has 0 saturated heterocycles. The van der Waals surface area contributed by atoms with Gasteiger partial charge < -0.3 is 10.1 Å². The number of sulfonamides is 1. The first-order valence-corrected chi connectivity index (χ1v) is 14.9. The standard InChI is InChI=1S/C25H27ClN2O4S3/c1-3-32-21-8-6-20(7-9-21)28(35(30,31)24-14-12-22(33-2)13-15-24)18-25(29)27-16-17-34-23-10-4-19(26)5-11-23/h4-15H,3,16-18H2,1-2H3,(H,27,29). The highest BCUT2D eigenvalue weighted by atomic mass is 35.5. The molecule has 186 valence electrons. The smallest absolute Gasteiger partial charge is 0.264 e. The van der Waals surface area contributed by atoms with Gasteiger partial charge in [-0.3, -0.25) is 9.10 Å². The molecule has 10 heteroatoms. The Kier molecular flexibility index (Phi) is 10.2. The Morgan fingerprint density at radius 3 is 2.20 bits per heavy atom. The van der Waals surface area contributed by atoms with E-state index in [1.165, 1.54) is 11.8 Å². The number of hydrogen-bond donors (Lipinski definition) is 1. The molecule has 0 aliphatic carbocycles. The number of thioether (sulfide) groups is 2. The van der Waals surface area contributed by atoms with Crippen LogP contribution in [-0.4, -0.2) is 46.0 Å². The number of carbonyl (C=O) groups excluding carboxylic acids is 1. The third-order valence-corrected chi connectivity index (χ3v) is 8.67. The van der Waals surface area contributed by atoms with Crippen LogP contribution in [-0.2, 0) is 14.8 Å². The van der Waals surface area contributed by atoms with Crippen molar-refractivity contribution < 1.29 is 17.9 Å². The molecule has 0 atom stereocenters. The first kappa shape index (κ1) is 27.3. The van der Waals surface area contributed by atoms with Gasteiger partial charge in [-0.2, -0.15) is 0 Å². The van der Waals surface area contributed by atoms with E-state index in [4.69, 9.17) is 16.3 Å². The number of nitrogens with one attached hydrogen (secondary N) is 1. The number of carbonyl (C=O) groups is 1. The number of halogens is 1. The predicted molar refractivity (Wildman–Crippen MR) is 146 cm³/mol. The summed E-state index contributed by atoms with van der Waals surface area (Å²) in [6.07, 6.45) is 1.92. The second-order valence-corrected chi connectivity index (χ2v) is 11.6. The molecule has 0 aromatic heterocycles. The largest absolute Gasteiger partial charge is 0.494 e. The van der Waals surface area contributed by atoms with Crippen molar-refractivity contribution in [1.29, 1.82) is 0 Å². The molecule has 0 spiro atoms. The van der Waals surface area contributed by atoms with Gasteiger partial charge in [0.25, 0.3) is 10.0 Å². The molecule has 3 rings (SSSR count). The third kappa shape index (κ3) is 7.83. The fraction of sp³-hybridized carbons (Fsp3) is 0.240. The summed E-state index contributed by atoms with van der Waals surface area (Å²) >= 11 is 9.01. The minimum absolute atomic E-state index is 0.121. The molecule has 1 amide bonds. The second-order valence-electron chi connectivity index (χ2n) is 7.27. The van der Waals surface area contributed by atoms with Gasteiger partial charge in [0.15, 0.2) is 0 Å². The van der Waals surface area contributed by atoms with Gasteiger partial charge in [-0.1, -0.05) is 11.6 Å². The summed E-state index contributed by atoms with van der Waals surface area (Å²) in [6.45, 7) is 2.43. The average Bonchev–Trinajstić information content (AvgIpc) is 2.87. The maximum absolute atomic E-state index is 13.5. The number of rotatable bonds is 12. The molecule has 1 N–H and O–H groups in total. The monoisotopic (exact) mass is 550 g/mol. The zero-order valence-corrected chi connectivity index (χ0v) is 22.6. The van der Waals surface area contributed by atoms with Gasteiger partial charge in [0.05, 0.1) is 17.2 Å². The van der Waals surface area contributed by atoms with Crippen molar-refractivity contribution in [2.24, 2.45) is 0 Å². The first-order chi connectivity index (χ1) is 16.8. The zero-order chi connectivity index (χ0) is 25.3. The number of benzene rings is 3. The van der Waals surface area contributed by atoms with Crippen LogP contribution in [0.1, 0.15) is 6.92 Å². The minimum atomic E-state index is -3.97. The summed E-state index contributed by atoms with van der Waals surface area (Å²) in [5.41, 5.74) is 0.382. The highest BCUT2D eigenvalue weighted by molar-refractivity contribution is 7.99. The molecule has 0 aliphatic rings. The number of hydrogen-bond acceptors (Lipinski definition) is 6. The third-order valence-electron chi connectivity index (χ3n) is 4.88. The molecular weight excluding hydrogens is 524 g/mol.